The fourth-order valence-electron chi connectivity index (χ4n) is 2.14. The van der Waals surface area contributed by atoms with Gasteiger partial charge in [-0.1, -0.05) is 15.9 Å². The SMILES string of the molecule is O=C1CCCC1CCOc1cc(Br)cc(F)c1F. The van der Waals surface area contributed by atoms with Crippen molar-refractivity contribution in [3.8, 4) is 5.75 Å². The second-order valence-corrected chi connectivity index (χ2v) is 5.31. The summed E-state index contributed by atoms with van der Waals surface area (Å²) in [5.74, 6) is -1.79. The average molecular weight is 319 g/mol. The Bertz CT molecular complexity index is 463. The summed E-state index contributed by atoms with van der Waals surface area (Å²) < 4.78 is 32.1. The maximum absolute atomic E-state index is 13.4. The van der Waals surface area contributed by atoms with Gasteiger partial charge >= 0.3 is 0 Å². The van der Waals surface area contributed by atoms with Gasteiger partial charge in [-0.25, -0.2) is 4.39 Å². The Morgan fingerprint density at radius 2 is 2.17 bits per heavy atom. The molecule has 0 aromatic heterocycles. The molecule has 1 aromatic rings. The molecule has 0 aliphatic heterocycles. The van der Waals surface area contributed by atoms with E-state index in [-0.39, 0.29) is 24.1 Å². The summed E-state index contributed by atoms with van der Waals surface area (Å²) >= 11 is 3.07. The molecule has 0 saturated heterocycles. The van der Waals surface area contributed by atoms with E-state index in [1.54, 1.807) is 0 Å². The second-order valence-electron chi connectivity index (χ2n) is 4.39. The number of rotatable bonds is 4. The van der Waals surface area contributed by atoms with Gasteiger partial charge in [0, 0.05) is 16.8 Å². The number of benzene rings is 1. The first-order valence-electron chi connectivity index (χ1n) is 5.88. The largest absolute Gasteiger partial charge is 0.490 e. The zero-order valence-electron chi connectivity index (χ0n) is 9.72. The van der Waals surface area contributed by atoms with E-state index in [9.17, 15) is 13.6 Å². The van der Waals surface area contributed by atoms with Crippen LogP contribution in [0.5, 0.6) is 5.75 Å². The molecule has 18 heavy (non-hydrogen) atoms. The number of carbonyl (C=O) groups excluding carboxylic acids is 1. The van der Waals surface area contributed by atoms with E-state index in [1.165, 1.54) is 6.07 Å². The van der Waals surface area contributed by atoms with Crippen molar-refractivity contribution in [1.82, 2.24) is 0 Å². The average Bonchev–Trinajstić information content (AvgIpc) is 2.71. The third-order valence-electron chi connectivity index (χ3n) is 3.11. The van der Waals surface area contributed by atoms with Gasteiger partial charge in [0.25, 0.3) is 0 Å². The molecule has 0 amide bonds. The number of halogens is 3. The van der Waals surface area contributed by atoms with Crippen molar-refractivity contribution >= 4 is 21.7 Å². The fraction of sp³-hybridized carbons (Fsp3) is 0.462. The molecule has 1 aliphatic carbocycles. The molecule has 0 bridgehead atoms. The Morgan fingerprint density at radius 3 is 2.83 bits per heavy atom. The van der Waals surface area contributed by atoms with Crippen molar-refractivity contribution in [3.05, 3.63) is 28.2 Å². The van der Waals surface area contributed by atoms with Gasteiger partial charge in [-0.05, 0) is 31.4 Å². The van der Waals surface area contributed by atoms with Gasteiger partial charge in [0.1, 0.15) is 5.78 Å². The minimum absolute atomic E-state index is 0.0186. The summed E-state index contributed by atoms with van der Waals surface area (Å²) in [7, 11) is 0. The number of ketones is 1. The predicted octanol–water partition coefficient (Wildman–Crippen LogP) is 3.87. The molecule has 0 radical (unpaired) electrons. The molecule has 1 aliphatic rings. The van der Waals surface area contributed by atoms with Crippen molar-refractivity contribution in [1.29, 1.82) is 0 Å². The number of Topliss-reactive ketones (excluding diaryl/α,β-unsaturated/α-hetero) is 1. The van der Waals surface area contributed by atoms with Crippen molar-refractivity contribution in [2.24, 2.45) is 5.92 Å². The third kappa shape index (κ3) is 3.07. The zero-order valence-corrected chi connectivity index (χ0v) is 11.3. The van der Waals surface area contributed by atoms with E-state index < -0.39 is 11.6 Å². The van der Waals surface area contributed by atoms with Crippen LogP contribution >= 0.6 is 15.9 Å². The second kappa shape index (κ2) is 5.78. The Balaban J connectivity index is 1.92. The van der Waals surface area contributed by atoms with Crippen molar-refractivity contribution in [2.75, 3.05) is 6.61 Å². The molecule has 1 aromatic carbocycles. The molecule has 1 atom stereocenters. The van der Waals surface area contributed by atoms with E-state index in [1.807, 2.05) is 0 Å². The summed E-state index contributed by atoms with van der Waals surface area (Å²) in [5, 5.41) is 0. The van der Waals surface area contributed by atoms with Gasteiger partial charge in [0.15, 0.2) is 11.6 Å². The van der Waals surface area contributed by atoms with Crippen LogP contribution in [0.4, 0.5) is 8.78 Å². The topological polar surface area (TPSA) is 26.3 Å². The summed E-state index contributed by atoms with van der Waals surface area (Å²) in [6.45, 7) is 0.225. The molecule has 0 N–H and O–H groups in total. The van der Waals surface area contributed by atoms with Crippen LogP contribution in [0.3, 0.4) is 0 Å². The van der Waals surface area contributed by atoms with Crippen molar-refractivity contribution in [3.63, 3.8) is 0 Å². The maximum Gasteiger partial charge on any atom is 0.200 e. The Hall–Kier alpha value is -0.970. The van der Waals surface area contributed by atoms with Crippen LogP contribution in [-0.2, 0) is 4.79 Å². The smallest absolute Gasteiger partial charge is 0.200 e. The van der Waals surface area contributed by atoms with Crippen molar-refractivity contribution in [2.45, 2.75) is 25.7 Å². The predicted molar refractivity (Wildman–Crippen MR) is 66.5 cm³/mol. The molecule has 2 nitrogen and oxygen atoms in total. The van der Waals surface area contributed by atoms with Crippen LogP contribution in [0.15, 0.2) is 16.6 Å². The lowest BCUT2D eigenvalue weighted by Crippen LogP contribution is -2.11. The van der Waals surface area contributed by atoms with Gasteiger partial charge in [0.2, 0.25) is 5.82 Å². The highest BCUT2D eigenvalue weighted by Gasteiger charge is 2.24. The molecule has 98 valence electrons. The van der Waals surface area contributed by atoms with Crippen LogP contribution in [0, 0.1) is 17.6 Å². The first-order valence-corrected chi connectivity index (χ1v) is 6.67. The Morgan fingerprint density at radius 1 is 1.39 bits per heavy atom. The molecular weight excluding hydrogens is 306 g/mol. The lowest BCUT2D eigenvalue weighted by Gasteiger charge is -2.11. The van der Waals surface area contributed by atoms with Crippen LogP contribution in [-0.4, -0.2) is 12.4 Å². The van der Waals surface area contributed by atoms with Crippen LogP contribution in [0.25, 0.3) is 0 Å². The minimum atomic E-state index is -0.990. The summed E-state index contributed by atoms with van der Waals surface area (Å²) in [6.07, 6.45) is 2.98. The molecule has 1 unspecified atom stereocenters. The summed E-state index contributed by atoms with van der Waals surface area (Å²) in [4.78, 5) is 11.4. The normalized spacial score (nSPS) is 19.3. The monoisotopic (exact) mass is 318 g/mol. The van der Waals surface area contributed by atoms with Gasteiger partial charge in [0.05, 0.1) is 6.61 Å². The minimum Gasteiger partial charge on any atom is -0.490 e. The molecule has 2 rings (SSSR count). The third-order valence-corrected chi connectivity index (χ3v) is 3.57. The number of hydrogen-bond acceptors (Lipinski definition) is 2. The van der Waals surface area contributed by atoms with Crippen LogP contribution in [0.2, 0.25) is 0 Å². The fourth-order valence-corrected chi connectivity index (χ4v) is 2.55. The number of hydrogen-bond donors (Lipinski definition) is 0. The first kappa shape index (κ1) is 13.5. The summed E-state index contributed by atoms with van der Waals surface area (Å²) in [5.41, 5.74) is 0. The van der Waals surface area contributed by atoms with Gasteiger partial charge in [-0.15, -0.1) is 0 Å². The maximum atomic E-state index is 13.4. The van der Waals surface area contributed by atoms with Gasteiger partial charge < -0.3 is 4.74 Å². The van der Waals surface area contributed by atoms with Crippen LogP contribution < -0.4 is 4.74 Å². The quantitative estimate of drug-likeness (QED) is 0.788. The standard InChI is InChI=1S/C13H13BrF2O2/c14-9-6-10(15)13(16)12(7-9)18-5-4-8-2-1-3-11(8)17/h6-8H,1-5H2. The van der Waals surface area contributed by atoms with Crippen molar-refractivity contribution < 1.29 is 18.3 Å². The Labute approximate surface area is 112 Å². The molecule has 1 saturated carbocycles. The number of carbonyl (C=O) groups is 1. The van der Waals surface area contributed by atoms with Gasteiger partial charge in [-0.3, -0.25) is 4.79 Å². The zero-order chi connectivity index (χ0) is 13.1. The number of ether oxygens (including phenoxy) is 1. The van der Waals surface area contributed by atoms with E-state index in [0.717, 1.165) is 18.9 Å². The molecule has 5 heteroatoms. The summed E-state index contributed by atoms with van der Waals surface area (Å²) in [6, 6.07) is 2.43. The lowest BCUT2D eigenvalue weighted by molar-refractivity contribution is -0.121. The van der Waals surface area contributed by atoms with Crippen LogP contribution in [0.1, 0.15) is 25.7 Å². The highest BCUT2D eigenvalue weighted by atomic mass is 79.9. The van der Waals surface area contributed by atoms with E-state index in [2.05, 4.69) is 15.9 Å². The van der Waals surface area contributed by atoms with E-state index >= 15 is 0 Å². The highest BCUT2D eigenvalue weighted by molar-refractivity contribution is 9.10. The first-order chi connectivity index (χ1) is 8.58. The highest BCUT2D eigenvalue weighted by Crippen LogP contribution is 2.27. The molecule has 0 heterocycles. The van der Waals surface area contributed by atoms with E-state index in [4.69, 9.17) is 4.74 Å². The molecule has 1 fully saturated rings. The Kier molecular flexibility index (Phi) is 4.32. The van der Waals surface area contributed by atoms with Gasteiger partial charge in [-0.2, -0.15) is 4.39 Å². The molecular formula is C13H13BrF2O2. The lowest BCUT2D eigenvalue weighted by atomic mass is 10.0. The molecule has 0 spiro atoms. The van der Waals surface area contributed by atoms with E-state index in [0.29, 0.717) is 17.3 Å².